The van der Waals surface area contributed by atoms with Gasteiger partial charge < -0.3 is 24.7 Å². The molecule has 1 aliphatic carbocycles. The average Bonchev–Trinajstić information content (AvgIpc) is 3.00. The molecule has 6 heteroatoms. The lowest BCUT2D eigenvalue weighted by molar-refractivity contribution is -0.314. The molecule has 118 valence electrons. The van der Waals surface area contributed by atoms with Crippen molar-refractivity contribution >= 4 is 11.9 Å². The van der Waals surface area contributed by atoms with Crippen LogP contribution in [0.5, 0.6) is 11.5 Å². The van der Waals surface area contributed by atoms with Crippen LogP contribution in [0, 0.1) is 11.8 Å². The molecule has 2 atom stereocenters. The Morgan fingerprint density at radius 1 is 1.14 bits per heavy atom. The lowest BCUT2D eigenvalue weighted by Crippen LogP contribution is -2.44. The molecule has 0 saturated heterocycles. The number of hydrogen-bond acceptors (Lipinski definition) is 5. The van der Waals surface area contributed by atoms with E-state index in [4.69, 9.17) is 9.47 Å². The minimum Gasteiger partial charge on any atom is -0.550 e. The molecule has 0 aromatic heterocycles. The van der Waals surface area contributed by atoms with Gasteiger partial charge >= 0.3 is 0 Å². The summed E-state index contributed by atoms with van der Waals surface area (Å²) in [6, 6.07) is 5.47. The first-order valence-corrected chi connectivity index (χ1v) is 7.52. The molecule has 1 aliphatic heterocycles. The zero-order valence-electron chi connectivity index (χ0n) is 12.2. The Morgan fingerprint density at radius 3 is 2.64 bits per heavy atom. The van der Waals surface area contributed by atoms with Crippen LogP contribution < -0.4 is 19.9 Å². The summed E-state index contributed by atoms with van der Waals surface area (Å²) in [4.78, 5) is 23.4. The van der Waals surface area contributed by atoms with E-state index in [0.717, 1.165) is 18.4 Å². The molecule has 2 unspecified atom stereocenters. The quantitative estimate of drug-likeness (QED) is 0.879. The standard InChI is InChI=1S/C16H19NO5/c18-15(11-3-1-2-4-12(11)16(19)20)17-8-10-5-6-13-14(7-10)22-9-21-13/h5-7,11-12H,1-4,8-9H2,(H,17,18)(H,19,20)/p-1. The molecule has 1 N–H and O–H groups in total. The predicted molar refractivity (Wildman–Crippen MR) is 74.9 cm³/mol. The molecule has 1 heterocycles. The number of carboxylic acid groups (broad SMARTS) is 1. The van der Waals surface area contributed by atoms with Gasteiger partial charge in [0.1, 0.15) is 0 Å². The van der Waals surface area contributed by atoms with Gasteiger partial charge in [-0.05, 0) is 30.5 Å². The normalized spacial score (nSPS) is 23.1. The van der Waals surface area contributed by atoms with Crippen molar-refractivity contribution in [3.05, 3.63) is 23.8 Å². The van der Waals surface area contributed by atoms with Gasteiger partial charge in [0.25, 0.3) is 0 Å². The summed E-state index contributed by atoms with van der Waals surface area (Å²) < 4.78 is 10.5. The van der Waals surface area contributed by atoms with E-state index in [1.807, 2.05) is 12.1 Å². The van der Waals surface area contributed by atoms with Crippen LogP contribution in [-0.2, 0) is 16.1 Å². The molecule has 0 radical (unpaired) electrons. The highest BCUT2D eigenvalue weighted by molar-refractivity contribution is 5.84. The van der Waals surface area contributed by atoms with E-state index < -0.39 is 17.8 Å². The molecule has 1 aromatic carbocycles. The summed E-state index contributed by atoms with van der Waals surface area (Å²) >= 11 is 0. The fourth-order valence-electron chi connectivity index (χ4n) is 3.10. The third kappa shape index (κ3) is 3.00. The van der Waals surface area contributed by atoms with Gasteiger partial charge in [-0.25, -0.2) is 0 Å². The molecular formula is C16H18NO5-. The summed E-state index contributed by atoms with van der Waals surface area (Å²) in [7, 11) is 0. The highest BCUT2D eigenvalue weighted by atomic mass is 16.7. The number of fused-ring (bicyclic) bond motifs is 1. The van der Waals surface area contributed by atoms with E-state index in [-0.39, 0.29) is 12.7 Å². The zero-order chi connectivity index (χ0) is 15.5. The van der Waals surface area contributed by atoms with E-state index in [9.17, 15) is 14.7 Å². The zero-order valence-corrected chi connectivity index (χ0v) is 12.2. The Hall–Kier alpha value is -2.24. The first-order chi connectivity index (χ1) is 10.6. The number of carboxylic acids is 1. The fraction of sp³-hybridized carbons (Fsp3) is 0.500. The number of aliphatic carboxylic acids is 1. The van der Waals surface area contributed by atoms with Crippen molar-refractivity contribution in [2.24, 2.45) is 11.8 Å². The number of nitrogens with one attached hydrogen (secondary N) is 1. The Bertz CT molecular complexity index is 586. The molecule has 0 spiro atoms. The smallest absolute Gasteiger partial charge is 0.231 e. The van der Waals surface area contributed by atoms with Crippen LogP contribution in [0.2, 0.25) is 0 Å². The van der Waals surface area contributed by atoms with Gasteiger partial charge in [0.15, 0.2) is 11.5 Å². The number of ether oxygens (including phenoxy) is 2. The molecular weight excluding hydrogens is 286 g/mol. The highest BCUT2D eigenvalue weighted by Gasteiger charge is 2.31. The van der Waals surface area contributed by atoms with E-state index in [1.54, 1.807) is 6.07 Å². The van der Waals surface area contributed by atoms with Gasteiger partial charge in [-0.3, -0.25) is 4.79 Å². The van der Waals surface area contributed by atoms with Crippen molar-refractivity contribution in [1.29, 1.82) is 0 Å². The Balaban J connectivity index is 1.60. The van der Waals surface area contributed by atoms with Gasteiger partial charge in [-0.2, -0.15) is 0 Å². The van der Waals surface area contributed by atoms with Crippen LogP contribution in [0.25, 0.3) is 0 Å². The summed E-state index contributed by atoms with van der Waals surface area (Å²) in [5, 5.41) is 14.0. The van der Waals surface area contributed by atoms with Crippen molar-refractivity contribution in [3.63, 3.8) is 0 Å². The maximum Gasteiger partial charge on any atom is 0.231 e. The van der Waals surface area contributed by atoms with E-state index in [2.05, 4.69) is 5.32 Å². The first-order valence-electron chi connectivity index (χ1n) is 7.52. The van der Waals surface area contributed by atoms with Crippen molar-refractivity contribution in [3.8, 4) is 11.5 Å². The second-order valence-corrected chi connectivity index (χ2v) is 5.72. The second-order valence-electron chi connectivity index (χ2n) is 5.72. The van der Waals surface area contributed by atoms with Crippen molar-refractivity contribution in [2.75, 3.05) is 6.79 Å². The van der Waals surface area contributed by atoms with Crippen LogP contribution in [0.4, 0.5) is 0 Å². The van der Waals surface area contributed by atoms with Crippen LogP contribution in [0.15, 0.2) is 18.2 Å². The lowest BCUT2D eigenvalue weighted by Gasteiger charge is -2.31. The number of rotatable bonds is 4. The Kier molecular flexibility index (Phi) is 4.18. The lowest BCUT2D eigenvalue weighted by atomic mass is 9.78. The monoisotopic (exact) mass is 304 g/mol. The molecule has 1 saturated carbocycles. The van der Waals surface area contributed by atoms with Crippen molar-refractivity contribution < 1.29 is 24.2 Å². The van der Waals surface area contributed by atoms with Gasteiger partial charge in [0, 0.05) is 24.3 Å². The van der Waals surface area contributed by atoms with Gasteiger partial charge in [0.2, 0.25) is 12.7 Å². The van der Waals surface area contributed by atoms with Gasteiger partial charge in [-0.15, -0.1) is 0 Å². The summed E-state index contributed by atoms with van der Waals surface area (Å²) in [6.07, 6.45) is 2.84. The van der Waals surface area contributed by atoms with E-state index in [0.29, 0.717) is 30.9 Å². The van der Waals surface area contributed by atoms with Crippen LogP contribution >= 0.6 is 0 Å². The summed E-state index contributed by atoms with van der Waals surface area (Å²) in [5.41, 5.74) is 0.887. The topological polar surface area (TPSA) is 87.7 Å². The predicted octanol–water partition coefficient (Wildman–Crippen LogP) is 0.588. The van der Waals surface area contributed by atoms with Crippen molar-refractivity contribution in [1.82, 2.24) is 5.32 Å². The second kappa shape index (κ2) is 6.25. The Labute approximate surface area is 128 Å². The number of benzene rings is 1. The molecule has 6 nitrogen and oxygen atoms in total. The minimum atomic E-state index is -1.12. The number of amides is 1. The van der Waals surface area contributed by atoms with Gasteiger partial charge in [-0.1, -0.05) is 18.9 Å². The minimum absolute atomic E-state index is 0.209. The highest BCUT2D eigenvalue weighted by Crippen LogP contribution is 2.33. The van der Waals surface area contributed by atoms with E-state index >= 15 is 0 Å². The number of carbonyl (C=O) groups is 2. The molecule has 1 fully saturated rings. The SMILES string of the molecule is O=C([O-])C1CCCCC1C(=O)NCc1ccc2c(c1)OCO2. The molecule has 1 amide bonds. The Morgan fingerprint density at radius 2 is 1.86 bits per heavy atom. The number of hydrogen-bond donors (Lipinski definition) is 1. The molecule has 22 heavy (non-hydrogen) atoms. The van der Waals surface area contributed by atoms with E-state index in [1.165, 1.54) is 0 Å². The van der Waals surface area contributed by atoms with Crippen LogP contribution in [0.3, 0.4) is 0 Å². The molecule has 0 bridgehead atoms. The van der Waals surface area contributed by atoms with Crippen LogP contribution in [0.1, 0.15) is 31.2 Å². The first kappa shape index (κ1) is 14.7. The van der Waals surface area contributed by atoms with Crippen LogP contribution in [-0.4, -0.2) is 18.7 Å². The largest absolute Gasteiger partial charge is 0.550 e. The molecule has 2 aliphatic rings. The molecule has 3 rings (SSSR count). The maximum absolute atomic E-state index is 12.3. The summed E-state index contributed by atoms with van der Waals surface area (Å²) in [6.45, 7) is 0.548. The summed E-state index contributed by atoms with van der Waals surface area (Å²) in [5.74, 6) is -1.15. The maximum atomic E-state index is 12.3. The fourth-order valence-corrected chi connectivity index (χ4v) is 3.10. The van der Waals surface area contributed by atoms with Crippen molar-refractivity contribution in [2.45, 2.75) is 32.2 Å². The average molecular weight is 304 g/mol. The molecule has 1 aromatic rings. The third-order valence-corrected chi connectivity index (χ3v) is 4.31. The van der Waals surface area contributed by atoms with Gasteiger partial charge in [0.05, 0.1) is 0 Å². The number of carbonyl (C=O) groups excluding carboxylic acids is 2. The third-order valence-electron chi connectivity index (χ3n) is 4.31.